The Balaban J connectivity index is 2.11. The molecule has 2 aliphatic carbocycles. The van der Waals surface area contributed by atoms with E-state index in [2.05, 4.69) is 0 Å². The van der Waals surface area contributed by atoms with Gasteiger partial charge in [0, 0.05) is 19.0 Å². The average molecular weight is 296 g/mol. The lowest BCUT2D eigenvalue weighted by Gasteiger charge is -2.45. The monoisotopic (exact) mass is 296 g/mol. The van der Waals surface area contributed by atoms with E-state index in [0.29, 0.717) is 0 Å². The molecule has 0 aromatic rings. The van der Waals surface area contributed by atoms with Crippen LogP contribution < -0.4 is 5.73 Å². The molecular formula is C16H28N2O3. The zero-order chi connectivity index (χ0) is 15.5. The van der Waals surface area contributed by atoms with Gasteiger partial charge in [0.1, 0.15) is 0 Å². The SMILES string of the molecule is CN(C(=O)C1CCCC(N)C1)C1(CC(=O)O)CCCCC1. The first kappa shape index (κ1) is 16.3. The Bertz CT molecular complexity index is 391. The topological polar surface area (TPSA) is 83.6 Å². The zero-order valence-corrected chi connectivity index (χ0v) is 13.0. The Hall–Kier alpha value is -1.10. The van der Waals surface area contributed by atoms with Crippen molar-refractivity contribution >= 4 is 11.9 Å². The van der Waals surface area contributed by atoms with Crippen LogP contribution in [0.3, 0.4) is 0 Å². The van der Waals surface area contributed by atoms with Crippen LogP contribution in [0.4, 0.5) is 0 Å². The van der Waals surface area contributed by atoms with Crippen LogP contribution in [-0.4, -0.2) is 40.5 Å². The quantitative estimate of drug-likeness (QED) is 0.832. The lowest BCUT2D eigenvalue weighted by molar-refractivity contribution is -0.148. The van der Waals surface area contributed by atoms with E-state index in [1.165, 1.54) is 0 Å². The standard InChI is InChI=1S/C16H28N2O3/c1-18(15(21)12-6-5-7-13(17)10-12)16(11-14(19)20)8-3-2-4-9-16/h12-13H,2-11,17H2,1H3,(H,19,20). The molecular weight excluding hydrogens is 268 g/mol. The highest BCUT2D eigenvalue weighted by molar-refractivity contribution is 5.80. The average Bonchev–Trinajstić information content (AvgIpc) is 2.46. The molecule has 1 amide bonds. The fraction of sp³-hybridized carbons (Fsp3) is 0.875. The van der Waals surface area contributed by atoms with E-state index >= 15 is 0 Å². The predicted octanol–water partition coefficient (Wildman–Crippen LogP) is 2.14. The third kappa shape index (κ3) is 3.76. The number of hydrogen-bond donors (Lipinski definition) is 2. The van der Waals surface area contributed by atoms with E-state index in [4.69, 9.17) is 5.73 Å². The van der Waals surface area contributed by atoms with E-state index in [9.17, 15) is 14.7 Å². The maximum absolute atomic E-state index is 12.8. The number of carbonyl (C=O) groups is 2. The molecule has 2 unspecified atom stereocenters. The van der Waals surface area contributed by atoms with Gasteiger partial charge >= 0.3 is 5.97 Å². The summed E-state index contributed by atoms with van der Waals surface area (Å²) in [6.45, 7) is 0. The molecule has 120 valence electrons. The van der Waals surface area contributed by atoms with Gasteiger partial charge in [-0.1, -0.05) is 25.7 Å². The maximum atomic E-state index is 12.8. The first-order chi connectivity index (χ1) is 9.94. The van der Waals surface area contributed by atoms with E-state index in [-0.39, 0.29) is 24.3 Å². The highest BCUT2D eigenvalue weighted by atomic mass is 16.4. The Morgan fingerprint density at radius 3 is 2.43 bits per heavy atom. The van der Waals surface area contributed by atoms with E-state index in [1.807, 2.05) is 0 Å². The van der Waals surface area contributed by atoms with Gasteiger partial charge in [-0.3, -0.25) is 9.59 Å². The van der Waals surface area contributed by atoms with Crippen molar-refractivity contribution in [2.24, 2.45) is 11.7 Å². The number of nitrogens with two attached hydrogens (primary N) is 1. The van der Waals surface area contributed by atoms with Gasteiger partial charge in [0.15, 0.2) is 0 Å². The predicted molar refractivity (Wildman–Crippen MR) is 80.8 cm³/mol. The Morgan fingerprint density at radius 2 is 1.86 bits per heavy atom. The third-order valence-corrected chi connectivity index (χ3v) is 5.37. The molecule has 0 saturated heterocycles. The number of carbonyl (C=O) groups excluding carboxylic acids is 1. The van der Waals surface area contributed by atoms with Gasteiger partial charge in [-0.05, 0) is 32.1 Å². The summed E-state index contributed by atoms with van der Waals surface area (Å²) in [6, 6.07) is 0.114. The number of carboxylic acids is 1. The molecule has 3 N–H and O–H groups in total. The Kier molecular flexibility index (Phi) is 5.25. The number of aliphatic carboxylic acids is 1. The summed E-state index contributed by atoms with van der Waals surface area (Å²) in [5, 5.41) is 9.26. The summed E-state index contributed by atoms with van der Waals surface area (Å²) in [4.78, 5) is 25.8. The van der Waals surface area contributed by atoms with Crippen LogP contribution in [0.2, 0.25) is 0 Å². The maximum Gasteiger partial charge on any atom is 0.305 e. The lowest BCUT2D eigenvalue weighted by atomic mass is 9.76. The molecule has 5 nitrogen and oxygen atoms in total. The molecule has 2 aliphatic rings. The van der Waals surface area contributed by atoms with E-state index < -0.39 is 11.5 Å². The van der Waals surface area contributed by atoms with Crippen LogP contribution in [0.15, 0.2) is 0 Å². The molecule has 0 spiro atoms. The van der Waals surface area contributed by atoms with Crippen molar-refractivity contribution in [2.75, 3.05) is 7.05 Å². The van der Waals surface area contributed by atoms with Crippen molar-refractivity contribution in [3.8, 4) is 0 Å². The molecule has 0 aromatic heterocycles. The van der Waals surface area contributed by atoms with Crippen LogP contribution in [0.25, 0.3) is 0 Å². The summed E-state index contributed by atoms with van der Waals surface area (Å²) in [5.41, 5.74) is 5.51. The van der Waals surface area contributed by atoms with Crippen molar-refractivity contribution in [1.82, 2.24) is 4.90 Å². The molecule has 21 heavy (non-hydrogen) atoms. The fourth-order valence-corrected chi connectivity index (χ4v) is 4.08. The summed E-state index contributed by atoms with van der Waals surface area (Å²) in [5.74, 6) is -0.725. The minimum atomic E-state index is -0.808. The van der Waals surface area contributed by atoms with Crippen LogP contribution in [-0.2, 0) is 9.59 Å². The first-order valence-corrected chi connectivity index (χ1v) is 8.20. The van der Waals surface area contributed by atoms with Gasteiger partial charge < -0.3 is 15.7 Å². The Labute approximate surface area is 126 Å². The number of nitrogens with zero attached hydrogens (tertiary/aromatic N) is 1. The second kappa shape index (κ2) is 6.77. The summed E-state index contributed by atoms with van der Waals surface area (Å²) in [7, 11) is 1.80. The van der Waals surface area contributed by atoms with Crippen LogP contribution in [0.1, 0.15) is 64.2 Å². The highest BCUT2D eigenvalue weighted by Crippen LogP contribution is 2.38. The first-order valence-electron chi connectivity index (χ1n) is 8.20. The fourth-order valence-electron chi connectivity index (χ4n) is 4.08. The molecule has 2 saturated carbocycles. The molecule has 0 heterocycles. The summed E-state index contributed by atoms with van der Waals surface area (Å²) in [6.07, 6.45) is 8.45. The highest BCUT2D eigenvalue weighted by Gasteiger charge is 2.42. The minimum absolute atomic E-state index is 0.0219. The summed E-state index contributed by atoms with van der Waals surface area (Å²) >= 11 is 0. The molecule has 2 rings (SSSR count). The smallest absolute Gasteiger partial charge is 0.305 e. The third-order valence-electron chi connectivity index (χ3n) is 5.37. The van der Waals surface area contributed by atoms with Crippen LogP contribution in [0, 0.1) is 5.92 Å². The van der Waals surface area contributed by atoms with E-state index in [0.717, 1.165) is 57.8 Å². The normalized spacial score (nSPS) is 28.9. The van der Waals surface area contributed by atoms with Crippen molar-refractivity contribution in [3.05, 3.63) is 0 Å². The van der Waals surface area contributed by atoms with Gasteiger partial charge in [-0.15, -0.1) is 0 Å². The number of rotatable bonds is 4. The van der Waals surface area contributed by atoms with Gasteiger partial charge in [0.05, 0.1) is 12.0 Å². The molecule has 2 fully saturated rings. The summed E-state index contributed by atoms with van der Waals surface area (Å²) < 4.78 is 0. The van der Waals surface area contributed by atoms with Crippen LogP contribution >= 0.6 is 0 Å². The van der Waals surface area contributed by atoms with Crippen molar-refractivity contribution in [1.29, 1.82) is 0 Å². The zero-order valence-electron chi connectivity index (χ0n) is 13.0. The van der Waals surface area contributed by atoms with Gasteiger partial charge in [0.2, 0.25) is 5.91 Å². The molecule has 2 atom stereocenters. The van der Waals surface area contributed by atoms with Crippen molar-refractivity contribution in [3.63, 3.8) is 0 Å². The van der Waals surface area contributed by atoms with Crippen molar-refractivity contribution in [2.45, 2.75) is 75.8 Å². The number of hydrogen-bond acceptors (Lipinski definition) is 3. The molecule has 5 heteroatoms. The molecule has 0 bridgehead atoms. The minimum Gasteiger partial charge on any atom is -0.481 e. The van der Waals surface area contributed by atoms with Gasteiger partial charge in [0.25, 0.3) is 0 Å². The Morgan fingerprint density at radius 1 is 1.19 bits per heavy atom. The van der Waals surface area contributed by atoms with Gasteiger partial charge in [-0.2, -0.15) is 0 Å². The van der Waals surface area contributed by atoms with Crippen LogP contribution in [0.5, 0.6) is 0 Å². The molecule has 0 radical (unpaired) electrons. The second-order valence-corrected chi connectivity index (χ2v) is 6.88. The van der Waals surface area contributed by atoms with E-state index in [1.54, 1.807) is 11.9 Å². The van der Waals surface area contributed by atoms with Gasteiger partial charge in [-0.25, -0.2) is 0 Å². The van der Waals surface area contributed by atoms with Crippen molar-refractivity contribution < 1.29 is 14.7 Å². The lowest BCUT2D eigenvalue weighted by Crippen LogP contribution is -2.54. The molecule has 0 aliphatic heterocycles. The second-order valence-electron chi connectivity index (χ2n) is 6.88. The molecule has 0 aromatic carbocycles. The number of amides is 1. The number of carboxylic acid groups (broad SMARTS) is 1. The largest absolute Gasteiger partial charge is 0.481 e.